The summed E-state index contributed by atoms with van der Waals surface area (Å²) >= 11 is 5.76. The second-order valence-corrected chi connectivity index (χ2v) is 3.73. The molecule has 0 amide bonds. The average molecular weight is 232 g/mol. The van der Waals surface area contributed by atoms with Crippen molar-refractivity contribution in [3.8, 4) is 5.75 Å². The Morgan fingerprint density at radius 1 is 1.00 bits per heavy atom. The van der Waals surface area contributed by atoms with E-state index in [9.17, 15) is 5.11 Å². The molecule has 2 aromatic carbocycles. The van der Waals surface area contributed by atoms with Gasteiger partial charge in [-0.25, -0.2) is 0 Å². The van der Waals surface area contributed by atoms with E-state index in [4.69, 9.17) is 11.6 Å². The van der Waals surface area contributed by atoms with E-state index in [0.717, 1.165) is 5.69 Å². The lowest BCUT2D eigenvalue weighted by Crippen LogP contribution is -1.80. The summed E-state index contributed by atoms with van der Waals surface area (Å²) < 4.78 is 0. The van der Waals surface area contributed by atoms with Gasteiger partial charge in [0.2, 0.25) is 0 Å². The summed E-state index contributed by atoms with van der Waals surface area (Å²) in [7, 11) is 0. The molecule has 0 saturated carbocycles. The molecule has 0 fully saturated rings. The highest BCUT2D eigenvalue weighted by atomic mass is 35.5. The predicted octanol–water partition coefficient (Wildman–Crippen LogP) is 3.80. The lowest BCUT2D eigenvalue weighted by molar-refractivity contribution is 0.474. The van der Waals surface area contributed by atoms with Crippen molar-refractivity contribution in [3.63, 3.8) is 0 Å². The van der Waals surface area contributed by atoms with Crippen molar-refractivity contribution in [1.29, 1.82) is 0 Å². The molecule has 0 heterocycles. The number of para-hydroxylation sites is 1. The maximum Gasteiger partial charge on any atom is 0.124 e. The van der Waals surface area contributed by atoms with Crippen molar-refractivity contribution in [2.24, 2.45) is 4.99 Å². The Morgan fingerprint density at radius 2 is 1.69 bits per heavy atom. The zero-order chi connectivity index (χ0) is 11.4. The maximum absolute atomic E-state index is 9.52. The Balaban J connectivity index is 2.21. The third kappa shape index (κ3) is 2.61. The van der Waals surface area contributed by atoms with Gasteiger partial charge >= 0.3 is 0 Å². The highest BCUT2D eigenvalue weighted by molar-refractivity contribution is 6.30. The van der Waals surface area contributed by atoms with Crippen LogP contribution in [-0.4, -0.2) is 11.3 Å². The number of hydrogen-bond donors (Lipinski definition) is 1. The van der Waals surface area contributed by atoms with E-state index in [1.54, 1.807) is 36.5 Å². The topological polar surface area (TPSA) is 32.6 Å². The monoisotopic (exact) mass is 231 g/mol. The van der Waals surface area contributed by atoms with E-state index in [1.165, 1.54) is 0 Å². The summed E-state index contributed by atoms with van der Waals surface area (Å²) in [5.41, 5.74) is 1.49. The molecule has 0 bridgehead atoms. The number of aliphatic imine (C=N–C) groups is 1. The van der Waals surface area contributed by atoms with Crippen LogP contribution in [0.3, 0.4) is 0 Å². The van der Waals surface area contributed by atoms with Gasteiger partial charge < -0.3 is 5.11 Å². The van der Waals surface area contributed by atoms with Crippen LogP contribution >= 0.6 is 11.6 Å². The third-order valence-electron chi connectivity index (χ3n) is 2.12. The van der Waals surface area contributed by atoms with Crippen LogP contribution in [0.4, 0.5) is 5.69 Å². The number of hydrogen-bond acceptors (Lipinski definition) is 2. The van der Waals surface area contributed by atoms with Crippen LogP contribution in [0.25, 0.3) is 0 Å². The number of nitrogens with zero attached hydrogens (tertiary/aromatic N) is 1. The Hall–Kier alpha value is -1.80. The van der Waals surface area contributed by atoms with Gasteiger partial charge in [-0.2, -0.15) is 0 Å². The zero-order valence-corrected chi connectivity index (χ0v) is 9.22. The third-order valence-corrected chi connectivity index (χ3v) is 2.37. The van der Waals surface area contributed by atoms with Crippen molar-refractivity contribution in [1.82, 2.24) is 0 Å². The molecule has 0 aliphatic rings. The van der Waals surface area contributed by atoms with Gasteiger partial charge in [0.15, 0.2) is 0 Å². The summed E-state index contributed by atoms with van der Waals surface area (Å²) in [5, 5.41) is 10.2. The van der Waals surface area contributed by atoms with Gasteiger partial charge in [-0.15, -0.1) is 0 Å². The maximum atomic E-state index is 9.52. The normalized spacial score (nSPS) is 10.8. The van der Waals surface area contributed by atoms with Crippen molar-refractivity contribution >= 4 is 23.5 Å². The molecular formula is C13H10ClNO. The van der Waals surface area contributed by atoms with Crippen LogP contribution in [0, 0.1) is 0 Å². The lowest BCUT2D eigenvalue weighted by atomic mass is 10.2. The molecule has 1 N–H and O–H groups in total. The van der Waals surface area contributed by atoms with Crippen LogP contribution in [0.1, 0.15) is 5.56 Å². The summed E-state index contributed by atoms with van der Waals surface area (Å²) in [5.74, 6) is 0.222. The number of rotatable bonds is 2. The first-order chi connectivity index (χ1) is 7.75. The summed E-state index contributed by atoms with van der Waals surface area (Å²) in [6, 6.07) is 14.2. The molecule has 0 radical (unpaired) electrons. The number of benzene rings is 2. The molecule has 0 aliphatic heterocycles. The molecule has 2 nitrogen and oxygen atoms in total. The van der Waals surface area contributed by atoms with E-state index in [1.807, 2.05) is 18.2 Å². The van der Waals surface area contributed by atoms with E-state index >= 15 is 0 Å². The standard InChI is InChI=1S/C13H10ClNO/c14-11-5-7-12(8-6-11)15-9-10-3-1-2-4-13(10)16/h1-9,16H. The van der Waals surface area contributed by atoms with Gasteiger partial charge in [0.05, 0.1) is 5.69 Å². The second kappa shape index (κ2) is 4.81. The average Bonchev–Trinajstić information content (AvgIpc) is 2.30. The first-order valence-corrected chi connectivity index (χ1v) is 5.21. The molecule has 0 aromatic heterocycles. The molecule has 0 spiro atoms. The van der Waals surface area contributed by atoms with E-state index in [-0.39, 0.29) is 5.75 Å². The summed E-state index contributed by atoms with van der Waals surface area (Å²) in [4.78, 5) is 4.23. The van der Waals surface area contributed by atoms with Gasteiger partial charge in [0.1, 0.15) is 5.75 Å². The molecule has 0 atom stereocenters. The fourth-order valence-corrected chi connectivity index (χ4v) is 1.39. The Kier molecular flexibility index (Phi) is 3.22. The summed E-state index contributed by atoms with van der Waals surface area (Å²) in [6.45, 7) is 0. The molecular weight excluding hydrogens is 222 g/mol. The van der Waals surface area contributed by atoms with Crippen molar-refractivity contribution in [3.05, 3.63) is 59.1 Å². The van der Waals surface area contributed by atoms with Crippen molar-refractivity contribution in [2.75, 3.05) is 0 Å². The minimum atomic E-state index is 0.222. The minimum Gasteiger partial charge on any atom is -0.507 e. The zero-order valence-electron chi connectivity index (χ0n) is 8.47. The molecule has 80 valence electrons. The van der Waals surface area contributed by atoms with E-state index in [2.05, 4.69) is 4.99 Å². The highest BCUT2D eigenvalue weighted by Gasteiger charge is 1.95. The quantitative estimate of drug-likeness (QED) is 0.784. The number of phenols is 1. The second-order valence-electron chi connectivity index (χ2n) is 3.29. The number of halogens is 1. The first-order valence-electron chi connectivity index (χ1n) is 4.83. The molecule has 0 aliphatic carbocycles. The van der Waals surface area contributed by atoms with E-state index < -0.39 is 0 Å². The first kappa shape index (κ1) is 10.7. The SMILES string of the molecule is Oc1ccccc1C=Nc1ccc(Cl)cc1. The summed E-state index contributed by atoms with van der Waals surface area (Å²) in [6.07, 6.45) is 1.62. The van der Waals surface area contributed by atoms with Gasteiger partial charge in [-0.3, -0.25) is 4.99 Å². The molecule has 16 heavy (non-hydrogen) atoms. The predicted molar refractivity (Wildman–Crippen MR) is 66.8 cm³/mol. The van der Waals surface area contributed by atoms with Crippen LogP contribution in [0.15, 0.2) is 53.5 Å². The molecule has 2 aromatic rings. The smallest absolute Gasteiger partial charge is 0.124 e. The fourth-order valence-electron chi connectivity index (χ4n) is 1.27. The van der Waals surface area contributed by atoms with Gasteiger partial charge in [0.25, 0.3) is 0 Å². The van der Waals surface area contributed by atoms with Crippen LogP contribution in [0.2, 0.25) is 5.02 Å². The molecule has 0 saturated heterocycles. The molecule has 3 heteroatoms. The fraction of sp³-hybridized carbons (Fsp3) is 0. The highest BCUT2D eigenvalue weighted by Crippen LogP contribution is 2.18. The van der Waals surface area contributed by atoms with Crippen molar-refractivity contribution in [2.45, 2.75) is 0 Å². The number of phenolic OH excluding ortho intramolecular Hbond substituents is 1. The lowest BCUT2D eigenvalue weighted by Gasteiger charge is -1.97. The Labute approximate surface area is 98.8 Å². The number of aromatic hydroxyl groups is 1. The van der Waals surface area contributed by atoms with Crippen LogP contribution in [0.5, 0.6) is 5.75 Å². The van der Waals surface area contributed by atoms with Gasteiger partial charge in [0, 0.05) is 16.8 Å². The molecule has 2 rings (SSSR count). The van der Waals surface area contributed by atoms with Gasteiger partial charge in [-0.1, -0.05) is 23.7 Å². The van der Waals surface area contributed by atoms with Gasteiger partial charge in [-0.05, 0) is 36.4 Å². The van der Waals surface area contributed by atoms with E-state index in [0.29, 0.717) is 10.6 Å². The Bertz CT molecular complexity index is 506. The largest absolute Gasteiger partial charge is 0.507 e. The Morgan fingerprint density at radius 3 is 2.38 bits per heavy atom. The van der Waals surface area contributed by atoms with Crippen molar-refractivity contribution < 1.29 is 5.11 Å². The van der Waals surface area contributed by atoms with Crippen LogP contribution < -0.4 is 0 Å². The minimum absolute atomic E-state index is 0.222. The van der Waals surface area contributed by atoms with Crippen LogP contribution in [-0.2, 0) is 0 Å². The molecule has 0 unspecified atom stereocenters.